The van der Waals surface area contributed by atoms with Crippen molar-refractivity contribution in [1.82, 2.24) is 30.4 Å². The van der Waals surface area contributed by atoms with E-state index in [0.29, 0.717) is 49.4 Å². The molecule has 5 atom stereocenters. The van der Waals surface area contributed by atoms with Crippen molar-refractivity contribution in [1.29, 1.82) is 0 Å². The highest BCUT2D eigenvalue weighted by molar-refractivity contribution is 5.94. The van der Waals surface area contributed by atoms with Gasteiger partial charge in [0.15, 0.2) is 5.54 Å². The number of aromatic nitrogens is 2. The van der Waals surface area contributed by atoms with Crippen molar-refractivity contribution >= 4 is 35.5 Å². The minimum absolute atomic E-state index is 0.201. The van der Waals surface area contributed by atoms with Gasteiger partial charge in [-0.2, -0.15) is 0 Å². The topological polar surface area (TPSA) is 188 Å². The fourth-order valence-corrected chi connectivity index (χ4v) is 7.70. The number of hydrogen-bond donors (Lipinski definition) is 4. The molecule has 2 aromatic carbocycles. The molecule has 2 aliphatic rings. The van der Waals surface area contributed by atoms with Crippen LogP contribution in [0.1, 0.15) is 82.5 Å². The molecule has 2 saturated heterocycles. The number of allylic oxidation sites excluding steroid dienone is 1. The monoisotopic (exact) mass is 817 g/mol. The van der Waals surface area contributed by atoms with E-state index in [1.165, 1.54) is 14.2 Å². The Balaban J connectivity index is 1.43. The number of imidazole rings is 1. The number of ether oxygens (including phenoxy) is 2. The standard InChI is InChI=1S/C45H55N9O6/c1-8-36(52(5)33-22-13-10-14-23-33)45(4,51-39(46)34-24-17-27-53(34)41(55)37(30(2)3)49-43(57)59-6)26-16-15-21-32-29-47-40(48-32)35-25-18-28-54(35)42(56)38(50-44(58)60-7)31-19-11-9-12-20-31/h8-14,19-20,22-23,29-30,34-35,37-38H,17-18,24-25,27-28H2,1-7H3,(H2,46,51)(H,47,48)(H,49,57)(H,50,58)/b36-8+/t34-,35-,37-,38+,45?/m0/s1. The van der Waals surface area contributed by atoms with Crippen LogP contribution in [0.15, 0.2) is 83.6 Å². The molecule has 3 heterocycles. The van der Waals surface area contributed by atoms with Gasteiger partial charge in [0.25, 0.3) is 5.91 Å². The number of carbonyl (C=O) groups is 4. The van der Waals surface area contributed by atoms with Crippen LogP contribution in [-0.4, -0.2) is 102 Å². The summed E-state index contributed by atoms with van der Waals surface area (Å²) < 4.78 is 9.61. The molecule has 316 valence electrons. The molecular formula is C45H55N9O6. The number of nitrogens with two attached hydrogens (primary N) is 1. The van der Waals surface area contributed by atoms with Crippen LogP contribution in [-0.2, 0) is 19.1 Å². The molecule has 2 fully saturated rings. The number of anilines is 1. The molecule has 15 heteroatoms. The van der Waals surface area contributed by atoms with Gasteiger partial charge >= 0.3 is 12.2 Å². The maximum Gasteiger partial charge on any atom is 0.407 e. The Kier molecular flexibility index (Phi) is 15.0. The van der Waals surface area contributed by atoms with Gasteiger partial charge in [0.05, 0.1) is 38.2 Å². The lowest BCUT2D eigenvalue weighted by atomic mass is 9.96. The number of amides is 4. The van der Waals surface area contributed by atoms with Crippen LogP contribution in [0.5, 0.6) is 0 Å². The highest BCUT2D eigenvalue weighted by atomic mass is 16.5. The number of alkyl carbamates (subject to hydrolysis) is 2. The van der Waals surface area contributed by atoms with Crippen LogP contribution in [0.4, 0.5) is 15.3 Å². The SMILES string of the molecule is C/C=C(/N(C)c1ccccc1)C(C)(C#CC#Cc1cnc([C@@H]2CCCN2C(=O)[C@H](NC(=O)OC)c2ccccc2)[nH]1)N=C(N)[C@@H]1CCCN1C(=O)[C@@H](NC(=O)OC)C(C)C. The van der Waals surface area contributed by atoms with Crippen molar-refractivity contribution in [3.8, 4) is 23.7 Å². The second-order valence-corrected chi connectivity index (χ2v) is 15.1. The number of benzene rings is 2. The largest absolute Gasteiger partial charge is 0.453 e. The molecule has 0 radical (unpaired) electrons. The lowest BCUT2D eigenvalue weighted by Crippen LogP contribution is -2.55. The number of nitrogens with zero attached hydrogens (tertiary/aromatic N) is 5. The Morgan fingerprint density at radius 3 is 2.23 bits per heavy atom. The predicted octanol–water partition coefficient (Wildman–Crippen LogP) is 5.05. The van der Waals surface area contributed by atoms with Crippen molar-refractivity contribution < 1.29 is 28.7 Å². The van der Waals surface area contributed by atoms with Crippen LogP contribution < -0.4 is 21.3 Å². The van der Waals surface area contributed by atoms with E-state index in [9.17, 15) is 19.2 Å². The van der Waals surface area contributed by atoms with Crippen LogP contribution >= 0.6 is 0 Å². The van der Waals surface area contributed by atoms with Crippen LogP contribution in [0.2, 0.25) is 0 Å². The highest BCUT2D eigenvalue weighted by Gasteiger charge is 2.40. The van der Waals surface area contributed by atoms with Gasteiger partial charge in [-0.15, -0.1) is 0 Å². The molecule has 0 aliphatic carbocycles. The Morgan fingerprint density at radius 1 is 0.950 bits per heavy atom. The zero-order chi connectivity index (χ0) is 43.4. The molecule has 0 spiro atoms. The number of carbonyl (C=O) groups excluding carboxylic acids is 4. The van der Waals surface area contributed by atoms with Gasteiger partial charge in [0, 0.05) is 25.8 Å². The Labute approximate surface area is 352 Å². The van der Waals surface area contributed by atoms with E-state index in [0.717, 1.165) is 17.8 Å². The number of likely N-dealkylation sites (tertiary alicyclic amines) is 2. The molecule has 4 amide bonds. The van der Waals surface area contributed by atoms with Gasteiger partial charge in [0.2, 0.25) is 5.91 Å². The summed E-state index contributed by atoms with van der Waals surface area (Å²) in [7, 11) is 4.44. The average molecular weight is 818 g/mol. The van der Waals surface area contributed by atoms with Gasteiger partial charge in [-0.25, -0.2) is 19.6 Å². The van der Waals surface area contributed by atoms with Gasteiger partial charge in [-0.3, -0.25) is 9.59 Å². The number of likely N-dealkylation sites (N-methyl/N-ethyl adjacent to an activating group) is 1. The molecule has 15 nitrogen and oxygen atoms in total. The third kappa shape index (κ3) is 10.5. The summed E-state index contributed by atoms with van der Waals surface area (Å²) in [6.45, 7) is 8.42. The normalized spacial score (nSPS) is 18.5. The molecule has 5 rings (SSSR count). The number of methoxy groups -OCH3 is 2. The first kappa shape index (κ1) is 44.4. The minimum atomic E-state index is -1.21. The molecule has 60 heavy (non-hydrogen) atoms. The summed E-state index contributed by atoms with van der Waals surface area (Å²) in [5, 5.41) is 5.36. The second-order valence-electron chi connectivity index (χ2n) is 15.1. The molecule has 2 aliphatic heterocycles. The molecule has 0 saturated carbocycles. The number of nitrogens with one attached hydrogen (secondary N) is 3. The Hall–Kier alpha value is -6.74. The minimum Gasteiger partial charge on any atom is -0.453 e. The molecule has 1 unspecified atom stereocenters. The smallest absolute Gasteiger partial charge is 0.407 e. The fraction of sp³-hybridized carbons (Fsp3) is 0.422. The van der Waals surface area contributed by atoms with E-state index in [2.05, 4.69) is 44.3 Å². The molecule has 5 N–H and O–H groups in total. The number of amidine groups is 1. The average Bonchev–Trinajstić information content (AvgIpc) is 4.05. The van der Waals surface area contributed by atoms with Crippen LogP contribution in [0.3, 0.4) is 0 Å². The van der Waals surface area contributed by atoms with Crippen LogP contribution in [0, 0.1) is 29.6 Å². The zero-order valence-corrected chi connectivity index (χ0v) is 35.3. The van der Waals surface area contributed by atoms with Gasteiger partial charge < -0.3 is 45.5 Å². The maximum atomic E-state index is 13.9. The molecule has 1 aromatic heterocycles. The summed E-state index contributed by atoms with van der Waals surface area (Å²) in [4.78, 5) is 70.4. The zero-order valence-electron chi connectivity index (χ0n) is 35.3. The summed E-state index contributed by atoms with van der Waals surface area (Å²) in [6.07, 6.45) is 4.87. The van der Waals surface area contributed by atoms with E-state index < -0.39 is 35.9 Å². The molecular weight excluding hydrogens is 763 g/mol. The third-order valence-electron chi connectivity index (χ3n) is 10.7. The number of rotatable bonds is 12. The van der Waals surface area contributed by atoms with Crippen molar-refractivity contribution in [2.75, 3.05) is 39.3 Å². The number of H-pyrrole nitrogens is 1. The number of aliphatic imine (C=N–C) groups is 1. The molecule has 0 bridgehead atoms. The van der Waals surface area contributed by atoms with E-state index in [1.54, 1.807) is 28.1 Å². The predicted molar refractivity (Wildman–Crippen MR) is 229 cm³/mol. The molecule has 3 aromatic rings. The first-order valence-electron chi connectivity index (χ1n) is 20.1. The van der Waals surface area contributed by atoms with Crippen molar-refractivity contribution in [3.63, 3.8) is 0 Å². The summed E-state index contributed by atoms with van der Waals surface area (Å²) in [5.41, 5.74) is 8.40. The van der Waals surface area contributed by atoms with Gasteiger partial charge in [-0.05, 0) is 80.9 Å². The maximum absolute atomic E-state index is 13.9. The van der Waals surface area contributed by atoms with Gasteiger partial charge in [0.1, 0.15) is 29.4 Å². The van der Waals surface area contributed by atoms with E-state index in [4.69, 9.17) is 20.2 Å². The van der Waals surface area contributed by atoms with Crippen molar-refractivity contribution in [2.45, 2.75) is 83.1 Å². The highest BCUT2D eigenvalue weighted by Crippen LogP contribution is 2.33. The van der Waals surface area contributed by atoms with Crippen molar-refractivity contribution in [2.24, 2.45) is 16.6 Å². The lowest BCUT2D eigenvalue weighted by molar-refractivity contribution is -0.135. The Morgan fingerprint density at radius 2 is 1.58 bits per heavy atom. The van der Waals surface area contributed by atoms with Crippen molar-refractivity contribution in [3.05, 3.63) is 95.7 Å². The van der Waals surface area contributed by atoms with E-state index in [1.807, 2.05) is 94.2 Å². The summed E-state index contributed by atoms with van der Waals surface area (Å²) >= 11 is 0. The number of para-hydroxylation sites is 1. The van der Waals surface area contributed by atoms with E-state index in [-0.39, 0.29) is 29.6 Å². The first-order chi connectivity index (χ1) is 28.8. The summed E-state index contributed by atoms with van der Waals surface area (Å²) in [5.74, 6) is 12.3. The summed E-state index contributed by atoms with van der Waals surface area (Å²) in [6, 6.07) is 16.2. The Bertz CT molecular complexity index is 2180. The fourth-order valence-electron chi connectivity index (χ4n) is 7.70. The van der Waals surface area contributed by atoms with Gasteiger partial charge in [-0.1, -0.05) is 74.4 Å². The van der Waals surface area contributed by atoms with E-state index >= 15 is 0 Å². The lowest BCUT2D eigenvalue weighted by Gasteiger charge is -2.34. The quantitative estimate of drug-likeness (QED) is 0.110. The van der Waals surface area contributed by atoms with Crippen LogP contribution in [0.25, 0.3) is 0 Å². The number of aromatic amines is 1. The second kappa shape index (κ2) is 20.3. The number of hydrogen-bond acceptors (Lipinski definition) is 9. The first-order valence-corrected chi connectivity index (χ1v) is 20.1. The third-order valence-corrected chi connectivity index (χ3v) is 10.7.